The van der Waals surface area contributed by atoms with Gasteiger partial charge in [-0.05, 0) is 54.6 Å². The molecule has 0 spiro atoms. The van der Waals surface area contributed by atoms with E-state index in [2.05, 4.69) is 15.3 Å². The number of ether oxygens (including phenoxy) is 1. The van der Waals surface area contributed by atoms with Gasteiger partial charge in [-0.1, -0.05) is 0 Å². The first-order chi connectivity index (χ1) is 13.1. The van der Waals surface area contributed by atoms with E-state index in [0.717, 1.165) is 16.6 Å². The molecule has 0 bridgehead atoms. The molecule has 0 aliphatic rings. The third-order valence-electron chi connectivity index (χ3n) is 4.03. The molecule has 0 aliphatic heterocycles. The van der Waals surface area contributed by atoms with E-state index < -0.39 is 0 Å². The van der Waals surface area contributed by atoms with Crippen molar-refractivity contribution in [3.8, 4) is 11.4 Å². The largest absolute Gasteiger partial charge is 0.453 e. The van der Waals surface area contributed by atoms with E-state index in [1.54, 1.807) is 49.6 Å². The molecule has 136 valence electrons. The van der Waals surface area contributed by atoms with Crippen molar-refractivity contribution in [2.24, 2.45) is 0 Å². The molecule has 2 aromatic carbocycles. The first-order valence-corrected chi connectivity index (χ1v) is 8.27. The number of aromatic amines is 1. The second-order valence-electron chi connectivity index (χ2n) is 5.98. The molecule has 0 atom stereocenters. The molecule has 4 rings (SSSR count). The average Bonchev–Trinajstić information content (AvgIpc) is 3.29. The van der Waals surface area contributed by atoms with Crippen molar-refractivity contribution < 1.29 is 18.3 Å². The molecule has 0 aliphatic carbocycles. The van der Waals surface area contributed by atoms with Gasteiger partial charge < -0.3 is 19.5 Å². The summed E-state index contributed by atoms with van der Waals surface area (Å²) in [7, 11) is 1.56. The topological polar surface area (TPSA) is 80.1 Å². The van der Waals surface area contributed by atoms with Gasteiger partial charge in [-0.3, -0.25) is 4.79 Å². The molecule has 2 aromatic heterocycles. The number of methoxy groups -OCH3 is 1. The number of hydrogen-bond donors (Lipinski definition) is 2. The number of nitrogens with one attached hydrogen (secondary N) is 2. The fourth-order valence-corrected chi connectivity index (χ4v) is 2.74. The first-order valence-electron chi connectivity index (χ1n) is 8.27. The van der Waals surface area contributed by atoms with Crippen molar-refractivity contribution in [2.75, 3.05) is 12.4 Å². The molecule has 0 radical (unpaired) electrons. The monoisotopic (exact) mass is 365 g/mol. The maximum Gasteiger partial charge on any atom is 0.291 e. The Morgan fingerprint density at radius 1 is 1.19 bits per heavy atom. The van der Waals surface area contributed by atoms with Gasteiger partial charge >= 0.3 is 0 Å². The third-order valence-corrected chi connectivity index (χ3v) is 4.03. The molecular formula is C20H16FN3O3. The Kier molecular flexibility index (Phi) is 4.43. The van der Waals surface area contributed by atoms with E-state index in [0.29, 0.717) is 23.9 Å². The van der Waals surface area contributed by atoms with Crippen LogP contribution in [0.15, 0.2) is 59.0 Å². The zero-order valence-electron chi connectivity index (χ0n) is 14.5. The van der Waals surface area contributed by atoms with Crippen LogP contribution in [0.5, 0.6) is 0 Å². The fourth-order valence-electron chi connectivity index (χ4n) is 2.74. The Morgan fingerprint density at radius 3 is 2.78 bits per heavy atom. The predicted octanol–water partition coefficient (Wildman–Crippen LogP) is 4.36. The quantitative estimate of drug-likeness (QED) is 0.551. The van der Waals surface area contributed by atoms with Crippen LogP contribution in [0.1, 0.15) is 16.3 Å². The van der Waals surface area contributed by atoms with Crippen LogP contribution >= 0.6 is 0 Å². The summed E-state index contributed by atoms with van der Waals surface area (Å²) in [5, 5.41) is 2.79. The number of H-pyrrole nitrogens is 1. The lowest BCUT2D eigenvalue weighted by Gasteiger charge is -2.03. The molecule has 0 saturated heterocycles. The summed E-state index contributed by atoms with van der Waals surface area (Å²) in [6, 6.07) is 14.7. The number of amides is 1. The summed E-state index contributed by atoms with van der Waals surface area (Å²) in [5.41, 5.74) is 2.88. The van der Waals surface area contributed by atoms with Crippen LogP contribution < -0.4 is 5.32 Å². The molecular weight excluding hydrogens is 349 g/mol. The highest BCUT2D eigenvalue weighted by atomic mass is 19.1. The van der Waals surface area contributed by atoms with Gasteiger partial charge in [-0.15, -0.1) is 0 Å². The highest BCUT2D eigenvalue weighted by molar-refractivity contribution is 6.03. The Hall–Kier alpha value is -3.45. The van der Waals surface area contributed by atoms with Crippen LogP contribution in [0.2, 0.25) is 0 Å². The lowest BCUT2D eigenvalue weighted by molar-refractivity contribution is 0.0987. The van der Waals surface area contributed by atoms with E-state index in [1.165, 1.54) is 12.1 Å². The lowest BCUT2D eigenvalue weighted by Crippen LogP contribution is -2.10. The van der Waals surface area contributed by atoms with Crippen molar-refractivity contribution in [1.29, 1.82) is 0 Å². The Labute approximate surface area is 154 Å². The number of halogens is 1. The Bertz CT molecular complexity index is 1100. The Balaban J connectivity index is 1.55. The number of fused-ring (bicyclic) bond motifs is 1. The van der Waals surface area contributed by atoms with E-state index in [1.807, 2.05) is 0 Å². The van der Waals surface area contributed by atoms with Crippen molar-refractivity contribution in [3.63, 3.8) is 0 Å². The zero-order valence-corrected chi connectivity index (χ0v) is 14.5. The van der Waals surface area contributed by atoms with Gasteiger partial charge in [0.05, 0.1) is 11.0 Å². The summed E-state index contributed by atoms with van der Waals surface area (Å²) >= 11 is 0. The molecule has 2 heterocycles. The molecule has 2 N–H and O–H groups in total. The predicted molar refractivity (Wildman–Crippen MR) is 98.9 cm³/mol. The number of nitrogens with zero attached hydrogens (tertiary/aromatic N) is 1. The molecule has 0 saturated carbocycles. The molecule has 1 amide bonds. The number of benzene rings is 2. The molecule has 4 aromatic rings. The summed E-state index contributed by atoms with van der Waals surface area (Å²) in [4.78, 5) is 20.0. The number of aromatic nitrogens is 2. The van der Waals surface area contributed by atoms with Crippen LogP contribution in [0.25, 0.3) is 22.4 Å². The maximum absolute atomic E-state index is 13.1. The van der Waals surface area contributed by atoms with E-state index in [9.17, 15) is 9.18 Å². The van der Waals surface area contributed by atoms with Crippen LogP contribution in [0.4, 0.5) is 10.1 Å². The number of carbonyl (C=O) groups excluding carboxylic acids is 1. The standard InChI is InChI=1S/C20H16FN3O3/c1-26-11-15-7-9-18(27-15)20(25)22-14-6-8-16-17(10-14)24-19(23-16)12-2-4-13(21)5-3-12/h2-10H,11H2,1H3,(H,22,25)(H,23,24). The Morgan fingerprint density at radius 2 is 2.00 bits per heavy atom. The summed E-state index contributed by atoms with van der Waals surface area (Å²) in [6.45, 7) is 0.305. The van der Waals surface area contributed by atoms with Gasteiger partial charge in [0, 0.05) is 18.4 Å². The van der Waals surface area contributed by atoms with E-state index >= 15 is 0 Å². The lowest BCUT2D eigenvalue weighted by atomic mass is 10.2. The number of anilines is 1. The van der Waals surface area contributed by atoms with E-state index in [-0.39, 0.29) is 17.5 Å². The average molecular weight is 365 g/mol. The van der Waals surface area contributed by atoms with Gasteiger partial charge in [0.2, 0.25) is 0 Å². The number of hydrogen-bond acceptors (Lipinski definition) is 4. The van der Waals surface area contributed by atoms with Crippen LogP contribution in [0, 0.1) is 5.82 Å². The molecule has 6 nitrogen and oxygen atoms in total. The molecule has 7 heteroatoms. The highest BCUT2D eigenvalue weighted by Gasteiger charge is 2.13. The van der Waals surface area contributed by atoms with Crippen molar-refractivity contribution in [3.05, 3.63) is 71.9 Å². The van der Waals surface area contributed by atoms with Gasteiger partial charge in [0.25, 0.3) is 5.91 Å². The number of imidazole rings is 1. The third kappa shape index (κ3) is 3.58. The summed E-state index contributed by atoms with van der Waals surface area (Å²) < 4.78 is 23.5. The van der Waals surface area contributed by atoms with Gasteiger partial charge in [-0.25, -0.2) is 9.37 Å². The van der Waals surface area contributed by atoms with Crippen LogP contribution in [-0.2, 0) is 11.3 Å². The fraction of sp³-hybridized carbons (Fsp3) is 0.100. The van der Waals surface area contributed by atoms with E-state index in [4.69, 9.17) is 9.15 Å². The second kappa shape index (κ2) is 7.05. The van der Waals surface area contributed by atoms with Crippen molar-refractivity contribution >= 4 is 22.6 Å². The van der Waals surface area contributed by atoms with Crippen molar-refractivity contribution in [2.45, 2.75) is 6.61 Å². The number of rotatable bonds is 5. The summed E-state index contributed by atoms with van der Waals surface area (Å²) in [5.74, 6) is 0.763. The maximum atomic E-state index is 13.1. The molecule has 27 heavy (non-hydrogen) atoms. The normalized spacial score (nSPS) is 11.0. The SMILES string of the molecule is COCc1ccc(C(=O)Nc2ccc3nc(-c4ccc(F)cc4)[nH]c3c2)o1. The first kappa shape index (κ1) is 17.0. The zero-order chi connectivity index (χ0) is 18.8. The highest BCUT2D eigenvalue weighted by Crippen LogP contribution is 2.23. The number of carbonyl (C=O) groups is 1. The van der Waals surface area contributed by atoms with Gasteiger partial charge in [0.15, 0.2) is 5.76 Å². The van der Waals surface area contributed by atoms with Crippen LogP contribution in [0.3, 0.4) is 0 Å². The van der Waals surface area contributed by atoms with Crippen molar-refractivity contribution in [1.82, 2.24) is 9.97 Å². The van der Waals surface area contributed by atoms with Gasteiger partial charge in [0.1, 0.15) is 24.0 Å². The minimum atomic E-state index is -0.352. The second-order valence-corrected chi connectivity index (χ2v) is 5.98. The number of furan rings is 1. The minimum absolute atomic E-state index is 0.207. The smallest absolute Gasteiger partial charge is 0.291 e. The van der Waals surface area contributed by atoms with Crippen LogP contribution in [-0.4, -0.2) is 23.0 Å². The van der Waals surface area contributed by atoms with Gasteiger partial charge in [-0.2, -0.15) is 0 Å². The summed E-state index contributed by atoms with van der Waals surface area (Å²) in [6.07, 6.45) is 0. The minimum Gasteiger partial charge on any atom is -0.453 e. The molecule has 0 unspecified atom stereocenters. The molecule has 0 fully saturated rings.